The average Bonchev–Trinajstić information content (AvgIpc) is 3.30. The van der Waals surface area contributed by atoms with Gasteiger partial charge < -0.3 is 13.9 Å². The highest BCUT2D eigenvalue weighted by Gasteiger charge is 2.27. The Morgan fingerprint density at radius 3 is 2.85 bits per heavy atom. The highest BCUT2D eigenvalue weighted by molar-refractivity contribution is 5.77. The topological polar surface area (TPSA) is 38.4 Å². The number of halogens is 1. The Bertz CT molecular complexity index is 928. The van der Waals surface area contributed by atoms with Crippen molar-refractivity contribution in [1.29, 1.82) is 0 Å². The molecule has 0 radical (unpaired) electrons. The van der Waals surface area contributed by atoms with Gasteiger partial charge in [-0.05, 0) is 43.3 Å². The van der Waals surface area contributed by atoms with Crippen LogP contribution in [0, 0.1) is 5.82 Å². The van der Waals surface area contributed by atoms with Crippen molar-refractivity contribution in [3.05, 3.63) is 72.0 Å². The van der Waals surface area contributed by atoms with Gasteiger partial charge in [0.05, 0.1) is 11.6 Å². The summed E-state index contributed by atoms with van der Waals surface area (Å²) in [6.07, 6.45) is 2.95. The van der Waals surface area contributed by atoms with E-state index in [9.17, 15) is 9.18 Å². The molecular weight excluding hydrogens is 331 g/mol. The molecule has 4 rings (SSSR count). The molecular formula is C21H21FN2O2. The highest BCUT2D eigenvalue weighted by Crippen LogP contribution is 2.27. The third-order valence-electron chi connectivity index (χ3n) is 5.05. The van der Waals surface area contributed by atoms with E-state index in [0.29, 0.717) is 29.9 Å². The smallest absolute Gasteiger partial charge is 0.223 e. The Hall–Kier alpha value is -2.82. The molecule has 26 heavy (non-hydrogen) atoms. The Morgan fingerprint density at radius 1 is 1.15 bits per heavy atom. The van der Waals surface area contributed by atoms with E-state index in [1.807, 2.05) is 17.0 Å². The van der Waals surface area contributed by atoms with Crippen molar-refractivity contribution >= 4 is 5.91 Å². The summed E-state index contributed by atoms with van der Waals surface area (Å²) in [5.74, 6) is 1.00. The predicted octanol–water partition coefficient (Wildman–Crippen LogP) is 4.42. The maximum Gasteiger partial charge on any atom is 0.223 e. The number of fused-ring (bicyclic) bond motifs is 1. The SMILES string of the molecule is CC1c2cccn2CCN1C(=O)CCc1ccc(-c2ccccc2F)o1. The molecule has 0 saturated carbocycles. The number of hydrogen-bond acceptors (Lipinski definition) is 2. The van der Waals surface area contributed by atoms with Crippen LogP contribution in [0.5, 0.6) is 0 Å². The molecule has 0 saturated heterocycles. The quantitative estimate of drug-likeness (QED) is 0.697. The first-order chi connectivity index (χ1) is 12.6. The Morgan fingerprint density at radius 2 is 2.00 bits per heavy atom. The van der Waals surface area contributed by atoms with E-state index in [2.05, 4.69) is 23.8 Å². The molecule has 3 heterocycles. The molecule has 4 nitrogen and oxygen atoms in total. The zero-order chi connectivity index (χ0) is 18.1. The van der Waals surface area contributed by atoms with E-state index in [0.717, 1.165) is 13.1 Å². The minimum Gasteiger partial charge on any atom is -0.461 e. The molecule has 1 amide bonds. The molecule has 0 spiro atoms. The lowest BCUT2D eigenvalue weighted by molar-refractivity contribution is -0.134. The number of benzene rings is 1. The lowest BCUT2D eigenvalue weighted by Crippen LogP contribution is -2.40. The summed E-state index contributed by atoms with van der Waals surface area (Å²) in [4.78, 5) is 14.6. The average molecular weight is 352 g/mol. The molecule has 1 aliphatic rings. The molecule has 5 heteroatoms. The molecule has 0 fully saturated rings. The number of carbonyl (C=O) groups excluding carboxylic acids is 1. The lowest BCUT2D eigenvalue weighted by Gasteiger charge is -2.35. The van der Waals surface area contributed by atoms with E-state index in [1.165, 1.54) is 11.8 Å². The van der Waals surface area contributed by atoms with Crippen LogP contribution in [0.2, 0.25) is 0 Å². The van der Waals surface area contributed by atoms with Gasteiger partial charge in [0.1, 0.15) is 17.3 Å². The number of nitrogens with zero attached hydrogens (tertiary/aromatic N) is 2. The minimum atomic E-state index is -0.311. The Labute approximate surface area is 151 Å². The van der Waals surface area contributed by atoms with Crippen LogP contribution in [0.1, 0.15) is 30.8 Å². The summed E-state index contributed by atoms with van der Waals surface area (Å²) in [5, 5.41) is 0. The van der Waals surface area contributed by atoms with Crippen molar-refractivity contribution in [2.45, 2.75) is 32.4 Å². The van der Waals surface area contributed by atoms with Gasteiger partial charge in [0.15, 0.2) is 0 Å². The van der Waals surface area contributed by atoms with Crippen molar-refractivity contribution in [3.63, 3.8) is 0 Å². The zero-order valence-electron chi connectivity index (χ0n) is 14.7. The third-order valence-corrected chi connectivity index (χ3v) is 5.05. The molecule has 0 aliphatic carbocycles. The van der Waals surface area contributed by atoms with Crippen molar-refractivity contribution in [2.24, 2.45) is 0 Å². The van der Waals surface area contributed by atoms with Crippen LogP contribution in [0.15, 0.2) is 59.1 Å². The lowest BCUT2D eigenvalue weighted by atomic mass is 10.1. The van der Waals surface area contributed by atoms with E-state index in [-0.39, 0.29) is 17.8 Å². The van der Waals surface area contributed by atoms with Crippen LogP contribution in [0.25, 0.3) is 11.3 Å². The summed E-state index contributed by atoms with van der Waals surface area (Å²) in [7, 11) is 0. The number of furan rings is 1. The van der Waals surface area contributed by atoms with Gasteiger partial charge in [0, 0.05) is 37.8 Å². The molecule has 1 aliphatic heterocycles. The Kier molecular flexibility index (Phi) is 4.37. The van der Waals surface area contributed by atoms with Crippen LogP contribution in [-0.2, 0) is 17.8 Å². The summed E-state index contributed by atoms with van der Waals surface area (Å²) in [6, 6.07) is 14.3. The number of amides is 1. The number of aryl methyl sites for hydroxylation is 1. The number of hydrogen-bond donors (Lipinski definition) is 0. The van der Waals surface area contributed by atoms with Crippen molar-refractivity contribution < 1.29 is 13.6 Å². The van der Waals surface area contributed by atoms with Crippen LogP contribution in [0.4, 0.5) is 4.39 Å². The predicted molar refractivity (Wildman–Crippen MR) is 97.0 cm³/mol. The van der Waals surface area contributed by atoms with Gasteiger partial charge in [-0.25, -0.2) is 4.39 Å². The fourth-order valence-corrected chi connectivity index (χ4v) is 3.61. The summed E-state index contributed by atoms with van der Waals surface area (Å²) in [5.41, 5.74) is 1.61. The zero-order valence-corrected chi connectivity index (χ0v) is 14.7. The largest absolute Gasteiger partial charge is 0.461 e. The third kappa shape index (κ3) is 3.05. The van der Waals surface area contributed by atoms with Gasteiger partial charge >= 0.3 is 0 Å². The van der Waals surface area contributed by atoms with E-state index < -0.39 is 0 Å². The van der Waals surface area contributed by atoms with Gasteiger partial charge in [0.25, 0.3) is 0 Å². The highest BCUT2D eigenvalue weighted by atomic mass is 19.1. The van der Waals surface area contributed by atoms with Crippen LogP contribution < -0.4 is 0 Å². The normalized spacial score (nSPS) is 16.5. The summed E-state index contributed by atoms with van der Waals surface area (Å²) in [6.45, 7) is 3.61. The first kappa shape index (κ1) is 16.6. The monoisotopic (exact) mass is 352 g/mol. The van der Waals surface area contributed by atoms with E-state index in [1.54, 1.807) is 24.3 Å². The molecule has 0 bridgehead atoms. The van der Waals surface area contributed by atoms with Crippen molar-refractivity contribution in [1.82, 2.24) is 9.47 Å². The van der Waals surface area contributed by atoms with Crippen molar-refractivity contribution in [3.8, 4) is 11.3 Å². The van der Waals surface area contributed by atoms with Gasteiger partial charge in [0.2, 0.25) is 5.91 Å². The molecule has 134 valence electrons. The first-order valence-electron chi connectivity index (χ1n) is 8.91. The second kappa shape index (κ2) is 6.83. The second-order valence-corrected chi connectivity index (χ2v) is 6.64. The van der Waals surface area contributed by atoms with Gasteiger partial charge in [-0.15, -0.1) is 0 Å². The maximum atomic E-state index is 13.9. The summed E-state index contributed by atoms with van der Waals surface area (Å²) >= 11 is 0. The first-order valence-corrected chi connectivity index (χ1v) is 8.91. The van der Waals surface area contributed by atoms with E-state index >= 15 is 0 Å². The van der Waals surface area contributed by atoms with Crippen LogP contribution in [0.3, 0.4) is 0 Å². The number of carbonyl (C=O) groups is 1. The fraction of sp³-hybridized carbons (Fsp3) is 0.286. The van der Waals surface area contributed by atoms with Crippen LogP contribution >= 0.6 is 0 Å². The molecule has 1 aromatic carbocycles. The molecule has 3 aromatic rings. The minimum absolute atomic E-state index is 0.0804. The Balaban J connectivity index is 1.41. The van der Waals surface area contributed by atoms with Gasteiger partial charge in [-0.1, -0.05) is 12.1 Å². The number of aromatic nitrogens is 1. The van der Waals surface area contributed by atoms with E-state index in [4.69, 9.17) is 4.42 Å². The standard InChI is InChI=1S/C21H21FN2O2/c1-15-19-7-4-12-23(19)13-14-24(15)21(25)11-9-16-8-10-20(26-16)17-5-2-3-6-18(17)22/h2-8,10,12,15H,9,11,13-14H2,1H3. The molecule has 0 N–H and O–H groups in total. The maximum absolute atomic E-state index is 13.9. The molecule has 1 atom stereocenters. The second-order valence-electron chi connectivity index (χ2n) is 6.64. The van der Waals surface area contributed by atoms with Crippen molar-refractivity contribution in [2.75, 3.05) is 6.54 Å². The number of rotatable bonds is 4. The molecule has 1 unspecified atom stereocenters. The fourth-order valence-electron chi connectivity index (χ4n) is 3.61. The van der Waals surface area contributed by atoms with Gasteiger partial charge in [-0.3, -0.25) is 4.79 Å². The van der Waals surface area contributed by atoms with Gasteiger partial charge in [-0.2, -0.15) is 0 Å². The molecule has 2 aromatic heterocycles. The van der Waals surface area contributed by atoms with Crippen LogP contribution in [-0.4, -0.2) is 21.9 Å². The summed E-state index contributed by atoms with van der Waals surface area (Å²) < 4.78 is 21.8.